The SMILES string of the molecule is O=C(Nc1cccc(SCC(=O)n2c3ccccc3c3ccccc32)c1)/C(=C/c1cccc2ccccc12)NC(=O)c1ccccc1. The standard InChI is InChI=1S/C40H29N3O3S/c44-38(43-36-22-8-6-20-33(36)34-21-7-9-23-37(34)43)26-47-31-18-11-17-30(25-31)41-40(46)35(42-39(45)28-13-2-1-3-14-28)24-29-16-10-15-27-12-4-5-19-32(27)29/h1-25H,26H2,(H,41,46)(H,42,45)/b35-24-. The summed E-state index contributed by atoms with van der Waals surface area (Å²) >= 11 is 1.40. The maximum absolute atomic E-state index is 13.7. The van der Waals surface area contributed by atoms with Crippen molar-refractivity contribution in [3.05, 3.63) is 162 Å². The predicted octanol–water partition coefficient (Wildman–Crippen LogP) is 8.79. The molecule has 7 rings (SSSR count). The van der Waals surface area contributed by atoms with Crippen LogP contribution in [-0.4, -0.2) is 28.0 Å². The van der Waals surface area contributed by atoms with Crippen molar-refractivity contribution in [2.75, 3.05) is 11.1 Å². The Balaban J connectivity index is 1.13. The number of nitrogens with one attached hydrogen (secondary N) is 2. The molecule has 6 nitrogen and oxygen atoms in total. The average Bonchev–Trinajstić information content (AvgIpc) is 3.45. The van der Waals surface area contributed by atoms with Gasteiger partial charge in [0.15, 0.2) is 0 Å². The molecule has 0 aliphatic rings. The van der Waals surface area contributed by atoms with Gasteiger partial charge in [0, 0.05) is 26.9 Å². The fourth-order valence-corrected chi connectivity index (χ4v) is 6.54. The minimum atomic E-state index is -0.467. The topological polar surface area (TPSA) is 80.2 Å². The zero-order chi connectivity index (χ0) is 32.2. The summed E-state index contributed by atoms with van der Waals surface area (Å²) in [6.07, 6.45) is 1.70. The number of para-hydroxylation sites is 2. The van der Waals surface area contributed by atoms with Crippen LogP contribution in [0.2, 0.25) is 0 Å². The molecule has 47 heavy (non-hydrogen) atoms. The molecular formula is C40H29N3O3S. The van der Waals surface area contributed by atoms with Gasteiger partial charge in [-0.25, -0.2) is 0 Å². The number of hydrogen-bond acceptors (Lipinski definition) is 4. The van der Waals surface area contributed by atoms with Gasteiger partial charge in [-0.2, -0.15) is 0 Å². The summed E-state index contributed by atoms with van der Waals surface area (Å²) in [5.74, 6) is -0.684. The number of hydrogen-bond donors (Lipinski definition) is 2. The molecule has 0 saturated carbocycles. The van der Waals surface area contributed by atoms with Crippen LogP contribution in [0, 0.1) is 0 Å². The van der Waals surface area contributed by atoms with E-state index in [-0.39, 0.29) is 23.3 Å². The van der Waals surface area contributed by atoms with Crippen LogP contribution < -0.4 is 10.6 Å². The monoisotopic (exact) mass is 631 g/mol. The van der Waals surface area contributed by atoms with Gasteiger partial charge in [0.2, 0.25) is 5.91 Å². The molecule has 228 valence electrons. The quantitative estimate of drug-likeness (QED) is 0.130. The molecule has 0 spiro atoms. The van der Waals surface area contributed by atoms with Gasteiger partial charge in [0.25, 0.3) is 11.8 Å². The van der Waals surface area contributed by atoms with Gasteiger partial charge in [0.1, 0.15) is 5.70 Å². The third kappa shape index (κ3) is 6.30. The fourth-order valence-electron chi connectivity index (χ4n) is 5.74. The van der Waals surface area contributed by atoms with E-state index in [1.165, 1.54) is 11.8 Å². The minimum Gasteiger partial charge on any atom is -0.321 e. The van der Waals surface area contributed by atoms with E-state index < -0.39 is 5.91 Å². The summed E-state index contributed by atoms with van der Waals surface area (Å²) in [6.45, 7) is 0. The molecule has 0 unspecified atom stereocenters. The van der Waals surface area contributed by atoms with Crippen molar-refractivity contribution in [2.24, 2.45) is 0 Å². The zero-order valence-electron chi connectivity index (χ0n) is 25.2. The molecular weight excluding hydrogens is 603 g/mol. The Morgan fingerprint density at radius 2 is 1.26 bits per heavy atom. The summed E-state index contributed by atoms with van der Waals surface area (Å²) < 4.78 is 1.78. The zero-order valence-corrected chi connectivity index (χ0v) is 26.0. The largest absolute Gasteiger partial charge is 0.321 e. The lowest BCUT2D eigenvalue weighted by atomic mass is 10.0. The minimum absolute atomic E-state index is 0.0363. The Morgan fingerprint density at radius 3 is 2.00 bits per heavy atom. The highest BCUT2D eigenvalue weighted by atomic mass is 32.2. The molecule has 0 saturated heterocycles. The normalized spacial score (nSPS) is 11.5. The Morgan fingerprint density at radius 1 is 0.638 bits per heavy atom. The van der Waals surface area contributed by atoms with Gasteiger partial charge < -0.3 is 10.6 Å². The van der Waals surface area contributed by atoms with Gasteiger partial charge in [-0.05, 0) is 64.9 Å². The van der Waals surface area contributed by atoms with Gasteiger partial charge in [-0.1, -0.05) is 103 Å². The first-order chi connectivity index (χ1) is 23.0. The van der Waals surface area contributed by atoms with Crippen LogP contribution in [0.5, 0.6) is 0 Å². The summed E-state index contributed by atoms with van der Waals surface area (Å²) in [6, 6.07) is 45.7. The fraction of sp³-hybridized carbons (Fsp3) is 0.0250. The second-order valence-electron chi connectivity index (χ2n) is 11.0. The number of carbonyl (C=O) groups is 3. The molecule has 1 aromatic heterocycles. The first-order valence-electron chi connectivity index (χ1n) is 15.2. The lowest BCUT2D eigenvalue weighted by Crippen LogP contribution is -2.30. The third-order valence-electron chi connectivity index (χ3n) is 7.94. The van der Waals surface area contributed by atoms with Gasteiger partial charge in [-0.15, -0.1) is 11.8 Å². The maximum atomic E-state index is 13.7. The Kier molecular flexibility index (Phi) is 8.37. The summed E-state index contributed by atoms with van der Waals surface area (Å²) in [5, 5.41) is 9.83. The molecule has 0 aliphatic carbocycles. The third-order valence-corrected chi connectivity index (χ3v) is 8.91. The number of fused-ring (bicyclic) bond motifs is 4. The van der Waals surface area contributed by atoms with E-state index in [1.807, 2.05) is 115 Å². The van der Waals surface area contributed by atoms with Crippen molar-refractivity contribution in [2.45, 2.75) is 4.90 Å². The van der Waals surface area contributed by atoms with E-state index in [1.54, 1.807) is 41.0 Å². The molecule has 0 atom stereocenters. The molecule has 2 N–H and O–H groups in total. The van der Waals surface area contributed by atoms with Crippen molar-refractivity contribution < 1.29 is 14.4 Å². The van der Waals surface area contributed by atoms with Crippen LogP contribution in [0.4, 0.5) is 5.69 Å². The molecule has 0 aliphatic heterocycles. The Labute approximate surface area is 275 Å². The van der Waals surface area contributed by atoms with Crippen LogP contribution in [0.3, 0.4) is 0 Å². The van der Waals surface area contributed by atoms with Crippen molar-refractivity contribution in [3.63, 3.8) is 0 Å². The number of carbonyl (C=O) groups excluding carboxylic acids is 3. The number of benzene rings is 6. The van der Waals surface area contributed by atoms with Crippen molar-refractivity contribution >= 4 is 73.8 Å². The molecule has 0 radical (unpaired) electrons. The number of nitrogens with zero attached hydrogens (tertiary/aromatic N) is 1. The lowest BCUT2D eigenvalue weighted by Gasteiger charge is -2.13. The van der Waals surface area contributed by atoms with E-state index >= 15 is 0 Å². The van der Waals surface area contributed by atoms with Crippen LogP contribution >= 0.6 is 11.8 Å². The molecule has 7 heteroatoms. The van der Waals surface area contributed by atoms with Gasteiger partial charge in [0.05, 0.1) is 16.8 Å². The van der Waals surface area contributed by atoms with Crippen LogP contribution in [0.15, 0.2) is 156 Å². The molecule has 0 fully saturated rings. The van der Waals surface area contributed by atoms with Crippen molar-refractivity contribution in [1.82, 2.24) is 9.88 Å². The summed E-state index contributed by atoms with van der Waals surface area (Å²) in [7, 11) is 0. The van der Waals surface area contributed by atoms with Gasteiger partial charge in [-0.3, -0.25) is 19.0 Å². The lowest BCUT2D eigenvalue weighted by molar-refractivity contribution is -0.113. The van der Waals surface area contributed by atoms with Crippen molar-refractivity contribution in [1.29, 1.82) is 0 Å². The number of thioether (sulfide) groups is 1. The Hall–Kier alpha value is -5.92. The number of aromatic nitrogens is 1. The predicted molar refractivity (Wildman–Crippen MR) is 192 cm³/mol. The van der Waals surface area contributed by atoms with Crippen molar-refractivity contribution in [3.8, 4) is 0 Å². The molecule has 1 heterocycles. The van der Waals surface area contributed by atoms with E-state index in [9.17, 15) is 14.4 Å². The summed E-state index contributed by atoms with van der Waals surface area (Å²) in [5.41, 5.74) is 3.65. The highest BCUT2D eigenvalue weighted by Gasteiger charge is 2.18. The number of rotatable bonds is 8. The Bertz CT molecular complexity index is 2270. The highest BCUT2D eigenvalue weighted by Crippen LogP contribution is 2.30. The molecule has 2 amide bonds. The highest BCUT2D eigenvalue weighted by molar-refractivity contribution is 8.00. The first-order valence-corrected chi connectivity index (χ1v) is 16.2. The molecule has 6 aromatic carbocycles. The molecule has 7 aromatic rings. The molecule has 0 bridgehead atoms. The van der Waals surface area contributed by atoms with Crippen LogP contribution in [0.1, 0.15) is 20.7 Å². The van der Waals surface area contributed by atoms with E-state index in [0.717, 1.165) is 43.0 Å². The van der Waals surface area contributed by atoms with E-state index in [0.29, 0.717) is 11.3 Å². The first kappa shape index (κ1) is 29.8. The second kappa shape index (κ2) is 13.2. The number of anilines is 1. The summed E-state index contributed by atoms with van der Waals surface area (Å²) in [4.78, 5) is 41.3. The second-order valence-corrected chi connectivity index (χ2v) is 12.0. The van der Waals surface area contributed by atoms with Crippen LogP contribution in [-0.2, 0) is 4.79 Å². The van der Waals surface area contributed by atoms with Crippen LogP contribution in [0.25, 0.3) is 38.7 Å². The number of amides is 2. The maximum Gasteiger partial charge on any atom is 0.272 e. The smallest absolute Gasteiger partial charge is 0.272 e. The average molecular weight is 632 g/mol. The van der Waals surface area contributed by atoms with Gasteiger partial charge >= 0.3 is 0 Å². The van der Waals surface area contributed by atoms with E-state index in [2.05, 4.69) is 10.6 Å². The van der Waals surface area contributed by atoms with E-state index in [4.69, 9.17) is 0 Å².